The first kappa shape index (κ1) is 25.4. The summed E-state index contributed by atoms with van der Waals surface area (Å²) in [5, 5.41) is 2.93. The molecular weight excluding hydrogens is 407 g/mol. The van der Waals surface area contributed by atoms with Crippen molar-refractivity contribution in [3.05, 3.63) is 65.5 Å². The highest BCUT2D eigenvalue weighted by molar-refractivity contribution is 5.88. The minimum atomic E-state index is -0.631. The van der Waals surface area contributed by atoms with E-state index in [-0.39, 0.29) is 36.7 Å². The maximum atomic E-state index is 13.4. The molecule has 0 radical (unpaired) electrons. The Hall–Kier alpha value is -2.89. The van der Waals surface area contributed by atoms with Crippen molar-refractivity contribution in [3.8, 4) is 5.75 Å². The van der Waals surface area contributed by atoms with E-state index in [9.17, 15) is 14.0 Å². The van der Waals surface area contributed by atoms with Crippen molar-refractivity contribution >= 4 is 11.8 Å². The average Bonchev–Trinajstić information content (AvgIpc) is 2.79. The van der Waals surface area contributed by atoms with E-state index >= 15 is 0 Å². The number of benzene rings is 2. The fourth-order valence-electron chi connectivity index (χ4n) is 3.52. The SMILES string of the molecule is CCCCNC(=O)[C@H](CC)N(Cc1ccc(F)cc1)C(=O)COc1ccccc1C(C)C. The van der Waals surface area contributed by atoms with Crippen molar-refractivity contribution < 1.29 is 18.7 Å². The van der Waals surface area contributed by atoms with Gasteiger partial charge in [-0.25, -0.2) is 4.39 Å². The Balaban J connectivity index is 2.21. The lowest BCUT2D eigenvalue weighted by atomic mass is 10.0. The minimum absolute atomic E-state index is 0.177. The summed E-state index contributed by atoms with van der Waals surface area (Å²) in [7, 11) is 0. The number of unbranched alkanes of at least 4 members (excludes halogenated alkanes) is 1. The van der Waals surface area contributed by atoms with Crippen LogP contribution in [0.1, 0.15) is 64.0 Å². The number of hydrogen-bond donors (Lipinski definition) is 1. The third-order valence-corrected chi connectivity index (χ3v) is 5.37. The van der Waals surface area contributed by atoms with Crippen molar-refractivity contribution in [2.45, 2.75) is 65.5 Å². The molecule has 0 saturated heterocycles. The molecule has 32 heavy (non-hydrogen) atoms. The number of halogens is 1. The highest BCUT2D eigenvalue weighted by atomic mass is 19.1. The van der Waals surface area contributed by atoms with E-state index in [0.29, 0.717) is 18.7 Å². The third kappa shape index (κ3) is 7.36. The highest BCUT2D eigenvalue weighted by Crippen LogP contribution is 2.26. The maximum Gasteiger partial charge on any atom is 0.261 e. The Bertz CT molecular complexity index is 868. The van der Waals surface area contributed by atoms with E-state index in [1.807, 2.05) is 31.2 Å². The lowest BCUT2D eigenvalue weighted by molar-refractivity contribution is -0.143. The summed E-state index contributed by atoms with van der Waals surface area (Å²) in [6, 6.07) is 13.0. The predicted molar refractivity (Wildman–Crippen MR) is 125 cm³/mol. The number of ether oxygens (including phenoxy) is 1. The summed E-state index contributed by atoms with van der Waals surface area (Å²) in [5.74, 6) is 0.108. The van der Waals surface area contributed by atoms with Gasteiger partial charge in [-0.1, -0.05) is 64.4 Å². The Morgan fingerprint density at radius 1 is 1.06 bits per heavy atom. The number of hydrogen-bond acceptors (Lipinski definition) is 3. The first-order chi connectivity index (χ1) is 15.4. The van der Waals surface area contributed by atoms with Gasteiger partial charge in [0.05, 0.1) is 0 Å². The van der Waals surface area contributed by atoms with E-state index in [2.05, 4.69) is 26.1 Å². The van der Waals surface area contributed by atoms with Crippen LogP contribution in [0.2, 0.25) is 0 Å². The van der Waals surface area contributed by atoms with E-state index in [0.717, 1.165) is 24.0 Å². The summed E-state index contributed by atoms with van der Waals surface area (Å²) >= 11 is 0. The molecule has 6 heteroatoms. The van der Waals surface area contributed by atoms with E-state index in [4.69, 9.17) is 4.74 Å². The van der Waals surface area contributed by atoms with E-state index in [1.54, 1.807) is 12.1 Å². The Kier molecular flexibility index (Phi) is 10.2. The third-order valence-electron chi connectivity index (χ3n) is 5.37. The van der Waals surface area contributed by atoms with Gasteiger partial charge in [0.1, 0.15) is 17.6 Å². The molecule has 174 valence electrons. The van der Waals surface area contributed by atoms with Gasteiger partial charge >= 0.3 is 0 Å². The molecule has 0 heterocycles. The van der Waals surface area contributed by atoms with Gasteiger partial charge < -0.3 is 15.0 Å². The van der Waals surface area contributed by atoms with Crippen LogP contribution in [0, 0.1) is 5.82 Å². The zero-order valence-electron chi connectivity index (χ0n) is 19.6. The predicted octanol–water partition coefficient (Wildman–Crippen LogP) is 5.05. The second-order valence-corrected chi connectivity index (χ2v) is 8.20. The molecule has 2 rings (SSSR count). The van der Waals surface area contributed by atoms with Gasteiger partial charge in [0.15, 0.2) is 6.61 Å². The van der Waals surface area contributed by atoms with Crippen LogP contribution < -0.4 is 10.1 Å². The van der Waals surface area contributed by atoms with Gasteiger partial charge in [-0.05, 0) is 48.1 Å². The summed E-state index contributed by atoms with van der Waals surface area (Å²) in [4.78, 5) is 27.6. The van der Waals surface area contributed by atoms with Crippen molar-refractivity contribution in [1.82, 2.24) is 10.2 Å². The minimum Gasteiger partial charge on any atom is -0.483 e. The molecular formula is C26H35FN2O3. The molecule has 5 nitrogen and oxygen atoms in total. The van der Waals surface area contributed by atoms with Crippen LogP contribution in [-0.2, 0) is 16.1 Å². The summed E-state index contributed by atoms with van der Waals surface area (Å²) in [5.41, 5.74) is 1.77. The first-order valence-corrected chi connectivity index (χ1v) is 11.4. The summed E-state index contributed by atoms with van der Waals surface area (Å²) < 4.78 is 19.2. The Morgan fingerprint density at radius 3 is 2.38 bits per heavy atom. The maximum absolute atomic E-state index is 13.4. The van der Waals surface area contributed by atoms with Crippen LogP contribution in [0.3, 0.4) is 0 Å². The van der Waals surface area contributed by atoms with Gasteiger partial charge in [-0.2, -0.15) is 0 Å². The molecule has 0 aliphatic heterocycles. The first-order valence-electron chi connectivity index (χ1n) is 11.4. The van der Waals surface area contributed by atoms with Crippen LogP contribution in [0.15, 0.2) is 48.5 Å². The van der Waals surface area contributed by atoms with Crippen LogP contribution in [0.4, 0.5) is 4.39 Å². The molecule has 1 N–H and O–H groups in total. The molecule has 0 aromatic heterocycles. The van der Waals surface area contributed by atoms with Gasteiger partial charge in [-0.3, -0.25) is 9.59 Å². The normalized spacial score (nSPS) is 11.8. The smallest absolute Gasteiger partial charge is 0.261 e. The summed E-state index contributed by atoms with van der Waals surface area (Å²) in [6.07, 6.45) is 2.31. The monoisotopic (exact) mass is 442 g/mol. The average molecular weight is 443 g/mol. The van der Waals surface area contributed by atoms with Gasteiger partial charge in [-0.15, -0.1) is 0 Å². The van der Waals surface area contributed by atoms with Crippen LogP contribution >= 0.6 is 0 Å². The Labute approximate surface area is 191 Å². The van der Waals surface area contributed by atoms with Crippen molar-refractivity contribution in [2.24, 2.45) is 0 Å². The van der Waals surface area contributed by atoms with Crippen LogP contribution in [0.25, 0.3) is 0 Å². The highest BCUT2D eigenvalue weighted by Gasteiger charge is 2.29. The number of nitrogens with zero attached hydrogens (tertiary/aromatic N) is 1. The number of amides is 2. The number of carbonyl (C=O) groups excluding carboxylic acids is 2. The summed E-state index contributed by atoms with van der Waals surface area (Å²) in [6.45, 7) is 8.67. The largest absolute Gasteiger partial charge is 0.483 e. The van der Waals surface area contributed by atoms with Crippen LogP contribution in [-0.4, -0.2) is 35.9 Å². The van der Waals surface area contributed by atoms with Crippen LogP contribution in [0.5, 0.6) is 5.75 Å². The molecule has 0 unspecified atom stereocenters. The molecule has 0 bridgehead atoms. The standard InChI is InChI=1S/C26H35FN2O3/c1-5-7-16-28-26(31)23(6-2)29(17-20-12-14-21(27)15-13-20)25(30)18-32-24-11-9-8-10-22(24)19(3)4/h8-15,19,23H,5-7,16-18H2,1-4H3,(H,28,31)/t23-/m0/s1. The molecule has 2 aromatic carbocycles. The van der Waals surface area contributed by atoms with E-state index in [1.165, 1.54) is 17.0 Å². The number of carbonyl (C=O) groups is 2. The quantitative estimate of drug-likeness (QED) is 0.468. The lowest BCUT2D eigenvalue weighted by Gasteiger charge is -2.30. The second kappa shape index (κ2) is 12.8. The number of rotatable bonds is 12. The van der Waals surface area contributed by atoms with Gasteiger partial charge in [0.25, 0.3) is 5.91 Å². The second-order valence-electron chi connectivity index (χ2n) is 8.20. The van der Waals surface area contributed by atoms with Crippen molar-refractivity contribution in [3.63, 3.8) is 0 Å². The molecule has 2 aromatic rings. The molecule has 0 saturated carbocycles. The fraction of sp³-hybridized carbons (Fsp3) is 0.462. The van der Waals surface area contributed by atoms with Crippen molar-refractivity contribution in [1.29, 1.82) is 0 Å². The molecule has 1 atom stereocenters. The Morgan fingerprint density at radius 2 is 1.75 bits per heavy atom. The van der Waals surface area contributed by atoms with Gasteiger partial charge in [0.2, 0.25) is 5.91 Å². The fourth-order valence-corrected chi connectivity index (χ4v) is 3.52. The number of para-hydroxylation sites is 1. The lowest BCUT2D eigenvalue weighted by Crippen LogP contribution is -2.50. The zero-order valence-corrected chi connectivity index (χ0v) is 19.6. The topological polar surface area (TPSA) is 58.6 Å². The zero-order chi connectivity index (χ0) is 23.5. The molecule has 0 aliphatic carbocycles. The number of nitrogens with one attached hydrogen (secondary N) is 1. The van der Waals surface area contributed by atoms with E-state index < -0.39 is 6.04 Å². The van der Waals surface area contributed by atoms with Gasteiger partial charge in [0, 0.05) is 13.1 Å². The molecule has 0 fully saturated rings. The van der Waals surface area contributed by atoms with Crippen molar-refractivity contribution in [2.75, 3.05) is 13.2 Å². The molecule has 2 amide bonds. The molecule has 0 spiro atoms. The molecule has 0 aliphatic rings.